The molecule has 2 rings (SSSR count). The van der Waals surface area contributed by atoms with Gasteiger partial charge in [0.1, 0.15) is 0 Å². The second kappa shape index (κ2) is 3.35. The number of carbonyl (C=O) groups is 2. The lowest BCUT2D eigenvalue weighted by Gasteiger charge is -2.12. The van der Waals surface area contributed by atoms with E-state index >= 15 is 0 Å². The summed E-state index contributed by atoms with van der Waals surface area (Å²) in [6, 6.07) is 0. The Morgan fingerprint density at radius 3 is 3.23 bits per heavy atom. The van der Waals surface area contributed by atoms with Crippen molar-refractivity contribution < 1.29 is 9.59 Å². The van der Waals surface area contributed by atoms with E-state index in [9.17, 15) is 9.59 Å². The van der Waals surface area contributed by atoms with Gasteiger partial charge < -0.3 is 0 Å². The third kappa shape index (κ3) is 1.66. The van der Waals surface area contributed by atoms with E-state index in [1.807, 2.05) is 0 Å². The normalized spacial score (nSPS) is 20.6. The molecule has 0 spiro atoms. The van der Waals surface area contributed by atoms with E-state index in [0.29, 0.717) is 11.1 Å². The molecule has 0 saturated heterocycles. The molecule has 2 heterocycles. The molecule has 2 aliphatic rings. The molecule has 5 heteroatoms. The zero-order valence-electron chi connectivity index (χ0n) is 6.50. The number of hydrogen-bond acceptors (Lipinski definition) is 3. The van der Waals surface area contributed by atoms with Crippen LogP contribution in [-0.4, -0.2) is 21.7 Å². The van der Waals surface area contributed by atoms with Crippen LogP contribution in [0.3, 0.4) is 0 Å². The highest BCUT2D eigenvalue weighted by Gasteiger charge is 2.22. The average Bonchev–Trinajstić information content (AvgIpc) is 2.28. The van der Waals surface area contributed by atoms with E-state index in [0.717, 1.165) is 0 Å². The lowest BCUT2D eigenvalue weighted by atomic mass is 10.0. The van der Waals surface area contributed by atoms with Crippen LogP contribution >= 0.6 is 21.0 Å². The molecule has 0 aromatic rings. The summed E-state index contributed by atoms with van der Waals surface area (Å²) in [7, 11) is 0. The van der Waals surface area contributed by atoms with Crippen LogP contribution in [0.2, 0.25) is 0 Å². The first-order valence-electron chi connectivity index (χ1n) is 3.60. The lowest BCUT2D eigenvalue weighted by Crippen LogP contribution is -2.36. The van der Waals surface area contributed by atoms with E-state index in [4.69, 9.17) is 0 Å². The van der Waals surface area contributed by atoms with Crippen LogP contribution in [0.5, 0.6) is 0 Å². The molecule has 1 N–H and O–H groups in total. The number of halogens is 1. The molecule has 13 heavy (non-hydrogen) atoms. The largest absolute Gasteiger partial charge is 0.292 e. The number of nitrogens with one attached hydrogen (secondary N) is 1. The Bertz CT molecular complexity index is 414. The summed E-state index contributed by atoms with van der Waals surface area (Å²) < 4.78 is 7.03. The van der Waals surface area contributed by atoms with Crippen molar-refractivity contribution in [3.63, 3.8) is 0 Å². The minimum absolute atomic E-state index is 0.243. The predicted molar refractivity (Wildman–Crippen MR) is 56.9 cm³/mol. The molecule has 0 radical (unpaired) electrons. The molecule has 0 unspecified atom stereocenters. The van der Waals surface area contributed by atoms with E-state index in [-0.39, 0.29) is 18.2 Å². The van der Waals surface area contributed by atoms with Crippen LogP contribution < -0.4 is 5.32 Å². The maximum Gasteiger partial charge on any atom is 0.258 e. The number of hydrogen-bond donors (Lipinski definition) is 1. The Morgan fingerprint density at radius 1 is 1.54 bits per heavy atom. The average molecular weight is 288 g/mol. The van der Waals surface area contributed by atoms with Crippen LogP contribution in [0.15, 0.2) is 20.4 Å². The summed E-state index contributed by atoms with van der Waals surface area (Å²) >= 11 is -0.455. The van der Waals surface area contributed by atoms with Crippen molar-refractivity contribution in [1.29, 1.82) is 0 Å². The van der Waals surface area contributed by atoms with Crippen LogP contribution in [0, 0.1) is 0 Å². The Hall–Kier alpha value is -1.07. The van der Waals surface area contributed by atoms with Gasteiger partial charge in [0.2, 0.25) is 5.91 Å². The summed E-state index contributed by atoms with van der Waals surface area (Å²) in [4.78, 5) is 22.3. The Kier molecular flexibility index (Phi) is 2.20. The second-order valence-electron chi connectivity index (χ2n) is 2.56. The standard InChI is InChI=1S/C8H5IN2O2/c12-7-3-5-4-10-9-2-1-6(5)8(13)11-7/h1,4H,3H2,(H,11,12,13). The summed E-state index contributed by atoms with van der Waals surface area (Å²) in [6.45, 7) is 0. The van der Waals surface area contributed by atoms with Gasteiger partial charge in [-0.2, -0.15) is 0 Å². The van der Waals surface area contributed by atoms with E-state index in [1.165, 1.54) is 0 Å². The molecular weight excluding hydrogens is 283 g/mol. The van der Waals surface area contributed by atoms with Gasteiger partial charge in [0.05, 0.1) is 33.0 Å². The molecule has 2 aliphatic heterocycles. The van der Waals surface area contributed by atoms with Gasteiger partial charge in [-0.1, -0.05) is 3.67 Å². The number of amides is 2. The highest BCUT2D eigenvalue weighted by molar-refractivity contribution is 14.2. The monoisotopic (exact) mass is 288 g/mol. The van der Waals surface area contributed by atoms with Crippen molar-refractivity contribution >= 4 is 42.7 Å². The minimum atomic E-state index is -0.455. The van der Waals surface area contributed by atoms with Crippen LogP contribution in [0.1, 0.15) is 6.42 Å². The van der Waals surface area contributed by atoms with Crippen molar-refractivity contribution in [2.75, 3.05) is 0 Å². The van der Waals surface area contributed by atoms with Crippen molar-refractivity contribution in [1.82, 2.24) is 5.32 Å². The van der Waals surface area contributed by atoms with Gasteiger partial charge in [-0.05, 0) is 5.57 Å². The van der Waals surface area contributed by atoms with E-state index < -0.39 is 21.0 Å². The third-order valence-electron chi connectivity index (χ3n) is 1.70. The quantitative estimate of drug-likeness (QED) is 0.513. The number of rotatable bonds is 0. The van der Waals surface area contributed by atoms with Gasteiger partial charge in [-0.25, -0.2) is 3.21 Å². The summed E-state index contributed by atoms with van der Waals surface area (Å²) in [6.07, 6.45) is 3.50. The number of nitrogens with zero attached hydrogens (tertiary/aromatic N) is 1. The zero-order valence-corrected chi connectivity index (χ0v) is 8.66. The van der Waals surface area contributed by atoms with Gasteiger partial charge in [-0.3, -0.25) is 14.9 Å². The van der Waals surface area contributed by atoms with Crippen molar-refractivity contribution in [3.05, 3.63) is 17.2 Å². The molecule has 0 aromatic heterocycles. The summed E-state index contributed by atoms with van der Waals surface area (Å²) in [5.41, 5.74) is 1.24. The number of imide groups is 1. The van der Waals surface area contributed by atoms with Crippen LogP contribution in [0.25, 0.3) is 0 Å². The first-order chi connectivity index (χ1) is 6.27. The van der Waals surface area contributed by atoms with Crippen LogP contribution in [0.4, 0.5) is 0 Å². The Labute approximate surface area is 84.5 Å². The molecule has 0 saturated carbocycles. The minimum Gasteiger partial charge on any atom is -0.292 e. The van der Waals surface area contributed by atoms with Gasteiger partial charge in [0, 0.05) is 12.3 Å². The van der Waals surface area contributed by atoms with Gasteiger partial charge in [0.25, 0.3) is 5.91 Å². The van der Waals surface area contributed by atoms with Gasteiger partial charge in [-0.15, -0.1) is 0 Å². The molecule has 0 fully saturated rings. The Balaban J connectivity index is 2.52. The molecular formula is C8H5IN2O2. The van der Waals surface area contributed by atoms with Crippen molar-refractivity contribution in [2.24, 2.45) is 3.21 Å². The van der Waals surface area contributed by atoms with E-state index in [2.05, 4.69) is 12.2 Å². The first-order valence-corrected chi connectivity index (χ1v) is 5.64. The molecule has 0 aromatic carbocycles. The Morgan fingerprint density at radius 2 is 2.38 bits per heavy atom. The van der Waals surface area contributed by atoms with E-state index in [1.54, 1.807) is 12.3 Å². The molecule has 0 bridgehead atoms. The van der Waals surface area contributed by atoms with Crippen LogP contribution in [-0.2, 0) is 9.59 Å². The fraction of sp³-hybridized carbons (Fsp3) is 0.125. The first kappa shape index (κ1) is 8.52. The highest BCUT2D eigenvalue weighted by atomic mass is 127. The molecule has 0 atom stereocenters. The molecule has 66 valence electrons. The molecule has 0 aliphatic carbocycles. The highest BCUT2D eigenvalue weighted by Crippen LogP contribution is 2.16. The lowest BCUT2D eigenvalue weighted by molar-refractivity contribution is -0.128. The topological polar surface area (TPSA) is 58.5 Å². The smallest absolute Gasteiger partial charge is 0.258 e. The molecule has 2 amide bonds. The maximum absolute atomic E-state index is 11.3. The maximum atomic E-state index is 11.3. The summed E-state index contributed by atoms with van der Waals surface area (Å²) in [5.74, 6) is -0.597. The SMILES string of the molecule is O=C1CC2=C(C=C=IN=C2)C(=O)N1. The van der Waals surface area contributed by atoms with Crippen molar-refractivity contribution in [2.45, 2.75) is 6.42 Å². The third-order valence-corrected chi connectivity index (χ3v) is 2.84. The number of carbonyl (C=O) groups excluding carboxylic acids is 2. The summed E-state index contributed by atoms with van der Waals surface area (Å²) in [5, 5.41) is 2.25. The fourth-order valence-electron chi connectivity index (χ4n) is 1.12. The van der Waals surface area contributed by atoms with Gasteiger partial charge in [0.15, 0.2) is 0 Å². The zero-order chi connectivity index (χ0) is 9.26. The van der Waals surface area contributed by atoms with Crippen molar-refractivity contribution in [3.8, 4) is 0 Å². The predicted octanol–water partition coefficient (Wildman–Crippen LogP) is 0.257. The van der Waals surface area contributed by atoms with Gasteiger partial charge >= 0.3 is 0 Å². The molecule has 4 nitrogen and oxygen atoms in total. The fourth-order valence-corrected chi connectivity index (χ4v) is 2.20. The second-order valence-corrected chi connectivity index (χ2v) is 4.22.